The van der Waals surface area contributed by atoms with E-state index in [1.54, 1.807) is 12.3 Å². The molecule has 0 radical (unpaired) electrons. The number of rotatable bonds is 4. The molecule has 0 amide bonds. The Kier molecular flexibility index (Phi) is 4.73. The van der Waals surface area contributed by atoms with Crippen molar-refractivity contribution >= 4 is 21.7 Å². The first kappa shape index (κ1) is 14.9. The van der Waals surface area contributed by atoms with Gasteiger partial charge < -0.3 is 11.1 Å². The van der Waals surface area contributed by atoms with Crippen LogP contribution in [0.1, 0.15) is 29.7 Å². The summed E-state index contributed by atoms with van der Waals surface area (Å²) in [6, 6.07) is 6.50. The lowest BCUT2D eigenvalue weighted by Crippen LogP contribution is -2.25. The van der Waals surface area contributed by atoms with Gasteiger partial charge in [-0.05, 0) is 37.2 Å². The molecule has 1 heterocycles. The number of nitrogens with two attached hydrogens (primary N) is 1. The molecule has 0 aliphatic carbocycles. The molecule has 0 spiro atoms. The molecule has 1 unspecified atom stereocenters. The minimum atomic E-state index is -0.329. The van der Waals surface area contributed by atoms with Crippen molar-refractivity contribution in [3.05, 3.63) is 57.4 Å². The Hall–Kier alpha value is -1.46. The molecule has 3 N–H and O–H groups in total. The van der Waals surface area contributed by atoms with Crippen molar-refractivity contribution in [3.8, 4) is 0 Å². The van der Waals surface area contributed by atoms with Crippen molar-refractivity contribution in [2.75, 3.05) is 12.3 Å². The topological polar surface area (TPSA) is 50.9 Å². The van der Waals surface area contributed by atoms with Gasteiger partial charge in [-0.2, -0.15) is 0 Å². The monoisotopic (exact) mass is 337 g/mol. The molecule has 2 aromatic rings. The quantitative estimate of drug-likeness (QED) is 0.896. The molecule has 3 nitrogen and oxygen atoms in total. The Morgan fingerprint density at radius 2 is 2.10 bits per heavy atom. The van der Waals surface area contributed by atoms with Crippen molar-refractivity contribution in [1.29, 1.82) is 0 Å². The third-order valence-corrected chi connectivity index (χ3v) is 3.92. The normalized spacial score (nSPS) is 12.4. The van der Waals surface area contributed by atoms with E-state index in [1.807, 2.05) is 26.0 Å². The maximum absolute atomic E-state index is 14.2. The SMILES string of the molecule is CCNC(c1c(F)cccc1Br)c1c(C)ccnc1N. The van der Waals surface area contributed by atoms with E-state index >= 15 is 0 Å². The molecule has 0 saturated heterocycles. The van der Waals surface area contributed by atoms with Crippen LogP contribution in [0.2, 0.25) is 0 Å². The summed E-state index contributed by atoms with van der Waals surface area (Å²) in [5.41, 5.74) is 8.36. The van der Waals surface area contributed by atoms with E-state index in [2.05, 4.69) is 26.2 Å². The van der Waals surface area contributed by atoms with Gasteiger partial charge in [-0.15, -0.1) is 0 Å². The minimum absolute atomic E-state index is 0.270. The second-order valence-electron chi connectivity index (χ2n) is 4.55. The van der Waals surface area contributed by atoms with Crippen molar-refractivity contribution in [1.82, 2.24) is 10.3 Å². The number of benzene rings is 1. The zero-order valence-corrected chi connectivity index (χ0v) is 13.0. The Balaban J connectivity index is 2.63. The summed E-state index contributed by atoms with van der Waals surface area (Å²) in [5, 5.41) is 3.29. The molecular formula is C15H17BrFN3. The van der Waals surface area contributed by atoms with Crippen LogP contribution in [0, 0.1) is 12.7 Å². The zero-order chi connectivity index (χ0) is 14.7. The van der Waals surface area contributed by atoms with E-state index in [0.29, 0.717) is 22.4 Å². The number of halogens is 2. The van der Waals surface area contributed by atoms with Gasteiger partial charge in [0.15, 0.2) is 0 Å². The standard InChI is InChI=1S/C15H17BrFN3/c1-3-19-14(12-9(2)7-8-20-15(12)18)13-10(16)5-4-6-11(13)17/h4-8,14,19H,3H2,1-2H3,(H2,18,20). The Bertz CT molecular complexity index is 524. The number of nitrogens with one attached hydrogen (secondary N) is 1. The number of aromatic nitrogens is 1. The number of hydrogen-bond acceptors (Lipinski definition) is 3. The van der Waals surface area contributed by atoms with Crippen LogP contribution in [0.25, 0.3) is 0 Å². The number of nitrogen functional groups attached to an aromatic ring is 1. The molecule has 0 fully saturated rings. The summed E-state index contributed by atoms with van der Waals surface area (Å²) in [5.74, 6) is 0.152. The highest BCUT2D eigenvalue weighted by Crippen LogP contribution is 2.34. The fraction of sp³-hybridized carbons (Fsp3) is 0.267. The predicted octanol–water partition coefficient (Wildman–Crippen LogP) is 3.57. The van der Waals surface area contributed by atoms with E-state index in [1.165, 1.54) is 6.07 Å². The highest BCUT2D eigenvalue weighted by Gasteiger charge is 2.23. The first-order valence-corrected chi connectivity index (χ1v) is 7.23. The number of hydrogen-bond donors (Lipinski definition) is 2. The lowest BCUT2D eigenvalue weighted by atomic mass is 9.95. The molecule has 20 heavy (non-hydrogen) atoms. The van der Waals surface area contributed by atoms with Gasteiger partial charge in [-0.25, -0.2) is 9.37 Å². The number of anilines is 1. The summed E-state index contributed by atoms with van der Waals surface area (Å²) >= 11 is 3.42. The molecule has 0 bridgehead atoms. The summed E-state index contributed by atoms with van der Waals surface area (Å²) in [6.07, 6.45) is 1.66. The van der Waals surface area contributed by atoms with E-state index in [0.717, 1.165) is 11.1 Å². The van der Waals surface area contributed by atoms with Crippen LogP contribution in [0.4, 0.5) is 10.2 Å². The Labute approximate surface area is 126 Å². The molecule has 1 aromatic carbocycles. The Morgan fingerprint density at radius 1 is 1.35 bits per heavy atom. The lowest BCUT2D eigenvalue weighted by Gasteiger charge is -2.23. The van der Waals surface area contributed by atoms with E-state index < -0.39 is 0 Å². The van der Waals surface area contributed by atoms with Gasteiger partial charge in [0.05, 0.1) is 6.04 Å². The lowest BCUT2D eigenvalue weighted by molar-refractivity contribution is 0.555. The molecule has 0 aliphatic heterocycles. The molecule has 1 atom stereocenters. The highest BCUT2D eigenvalue weighted by molar-refractivity contribution is 9.10. The maximum Gasteiger partial charge on any atom is 0.129 e. The molecule has 106 valence electrons. The van der Waals surface area contributed by atoms with Gasteiger partial charge >= 0.3 is 0 Å². The van der Waals surface area contributed by atoms with Crippen LogP contribution in [0.5, 0.6) is 0 Å². The van der Waals surface area contributed by atoms with Gasteiger partial charge in [0.2, 0.25) is 0 Å². The summed E-state index contributed by atoms with van der Waals surface area (Å²) < 4.78 is 15.0. The molecule has 2 rings (SSSR count). The van der Waals surface area contributed by atoms with E-state index in [-0.39, 0.29) is 11.9 Å². The summed E-state index contributed by atoms with van der Waals surface area (Å²) in [7, 11) is 0. The third kappa shape index (κ3) is 2.83. The molecule has 1 aromatic heterocycles. The van der Waals surface area contributed by atoms with Gasteiger partial charge in [0.25, 0.3) is 0 Å². The molecular weight excluding hydrogens is 321 g/mol. The number of nitrogens with zero attached hydrogens (tertiary/aromatic N) is 1. The van der Waals surface area contributed by atoms with Gasteiger partial charge in [-0.1, -0.05) is 28.9 Å². The average Bonchev–Trinajstić information content (AvgIpc) is 2.38. The first-order valence-electron chi connectivity index (χ1n) is 6.44. The Morgan fingerprint density at radius 3 is 2.70 bits per heavy atom. The van der Waals surface area contributed by atoms with Crippen molar-refractivity contribution in [2.24, 2.45) is 0 Å². The van der Waals surface area contributed by atoms with Crippen LogP contribution in [-0.4, -0.2) is 11.5 Å². The van der Waals surface area contributed by atoms with Gasteiger partial charge in [0, 0.05) is 21.8 Å². The third-order valence-electron chi connectivity index (χ3n) is 3.22. The first-order chi connectivity index (χ1) is 9.56. The minimum Gasteiger partial charge on any atom is -0.383 e. The fourth-order valence-electron chi connectivity index (χ4n) is 2.31. The maximum atomic E-state index is 14.2. The molecule has 0 saturated carbocycles. The largest absolute Gasteiger partial charge is 0.383 e. The van der Waals surface area contributed by atoms with Gasteiger partial charge in [-0.3, -0.25) is 0 Å². The summed E-state index contributed by atoms with van der Waals surface area (Å²) in [6.45, 7) is 4.62. The average molecular weight is 338 g/mol. The van der Waals surface area contributed by atoms with Gasteiger partial charge in [0.1, 0.15) is 11.6 Å². The molecule has 5 heteroatoms. The second-order valence-corrected chi connectivity index (χ2v) is 5.41. The van der Waals surface area contributed by atoms with Crippen molar-refractivity contribution in [3.63, 3.8) is 0 Å². The number of pyridine rings is 1. The fourth-order valence-corrected chi connectivity index (χ4v) is 2.88. The van der Waals surface area contributed by atoms with Crippen molar-refractivity contribution < 1.29 is 4.39 Å². The second kappa shape index (κ2) is 6.33. The van der Waals surface area contributed by atoms with E-state index in [9.17, 15) is 4.39 Å². The summed E-state index contributed by atoms with van der Waals surface area (Å²) in [4.78, 5) is 4.13. The van der Waals surface area contributed by atoms with Crippen LogP contribution in [0.15, 0.2) is 34.9 Å². The predicted molar refractivity (Wildman–Crippen MR) is 83.0 cm³/mol. The zero-order valence-electron chi connectivity index (χ0n) is 11.5. The van der Waals surface area contributed by atoms with Crippen LogP contribution >= 0.6 is 15.9 Å². The van der Waals surface area contributed by atoms with Crippen molar-refractivity contribution in [2.45, 2.75) is 19.9 Å². The van der Waals surface area contributed by atoms with Crippen LogP contribution in [-0.2, 0) is 0 Å². The van der Waals surface area contributed by atoms with Crippen LogP contribution in [0.3, 0.4) is 0 Å². The van der Waals surface area contributed by atoms with Crippen LogP contribution < -0.4 is 11.1 Å². The smallest absolute Gasteiger partial charge is 0.129 e. The highest BCUT2D eigenvalue weighted by atomic mass is 79.9. The van der Waals surface area contributed by atoms with E-state index in [4.69, 9.17) is 5.73 Å². The molecule has 0 aliphatic rings. The number of aryl methyl sites for hydroxylation is 1.